The van der Waals surface area contributed by atoms with Crippen LogP contribution in [-0.4, -0.2) is 64.3 Å². The van der Waals surface area contributed by atoms with Gasteiger partial charge in [-0.25, -0.2) is 14.2 Å². The number of β-lactam (4-membered cyclic amide) rings is 1. The summed E-state index contributed by atoms with van der Waals surface area (Å²) in [6.45, 7) is 10.8. The van der Waals surface area contributed by atoms with Gasteiger partial charge in [0.1, 0.15) is 25.2 Å². The summed E-state index contributed by atoms with van der Waals surface area (Å²) in [6.07, 6.45) is 11.7. The Labute approximate surface area is 240 Å². The number of unbranched alkanes of at least 4 members (excludes halogenated alkanes) is 2. The molecule has 0 radical (unpaired) electrons. The number of aryl methyl sites for hydroxylation is 2. The van der Waals surface area contributed by atoms with Crippen molar-refractivity contribution in [2.45, 2.75) is 83.1 Å². The zero-order valence-electron chi connectivity index (χ0n) is 23.9. The number of carboxylic acid groups (broad SMARTS) is 1. The summed E-state index contributed by atoms with van der Waals surface area (Å²) in [4.78, 5) is 38.3. The summed E-state index contributed by atoms with van der Waals surface area (Å²) in [7, 11) is 1.99. The van der Waals surface area contributed by atoms with Gasteiger partial charge < -0.3 is 15.2 Å². The smallest absolute Gasteiger partial charge is 0.412 e. The van der Waals surface area contributed by atoms with Crippen molar-refractivity contribution in [2.75, 3.05) is 13.6 Å². The third-order valence-corrected chi connectivity index (χ3v) is 9.01. The Morgan fingerprint density at radius 3 is 2.75 bits per heavy atom. The van der Waals surface area contributed by atoms with Crippen LogP contribution in [-0.2, 0) is 16.0 Å². The minimum absolute atomic E-state index is 0.00541. The molecule has 1 aliphatic carbocycles. The molecule has 1 fully saturated rings. The van der Waals surface area contributed by atoms with Crippen LogP contribution in [0.2, 0.25) is 0 Å². The number of carboxylic acids is 1. The monoisotopic (exact) mass is 566 g/mol. The standard InChI is InChI=1S/C31H39N3O5S/c1-6-7-8-10-21-16-20(3)28(22-15-19(2)12-13-23(22)33(4)5)24(17-21)39-31(38)32-14-9-11-25-29(30(36)37)34-26(35)18-27(34)40-25/h9,11,15-17,22-23,27H,4,6-8,10,12-14,18H2,1-3,5H3,(H-,32,36,37,38)/p+1/b11-9+/t22-,23-,27?/m1/s1. The van der Waals surface area contributed by atoms with Crippen LogP contribution in [0.1, 0.15) is 75.0 Å². The number of ether oxygens (including phenoxy) is 1. The maximum Gasteiger partial charge on any atom is 0.412 e. The van der Waals surface area contributed by atoms with Crippen LogP contribution in [0.15, 0.2) is 46.5 Å². The van der Waals surface area contributed by atoms with Crippen LogP contribution in [0.5, 0.6) is 5.75 Å². The van der Waals surface area contributed by atoms with Gasteiger partial charge in [0.05, 0.1) is 17.7 Å². The van der Waals surface area contributed by atoms with Crippen molar-refractivity contribution in [1.29, 1.82) is 0 Å². The van der Waals surface area contributed by atoms with Gasteiger partial charge in [0.25, 0.3) is 0 Å². The lowest BCUT2D eigenvalue weighted by Crippen LogP contribution is -2.48. The number of carbonyl (C=O) groups excluding carboxylic acids is 2. The van der Waals surface area contributed by atoms with E-state index in [-0.39, 0.29) is 35.5 Å². The number of likely N-dealkylation sites (N-methyl/N-ethyl adjacent to an activating group) is 1. The highest BCUT2D eigenvalue weighted by Crippen LogP contribution is 2.46. The molecule has 9 heteroatoms. The van der Waals surface area contributed by atoms with Crippen molar-refractivity contribution in [1.82, 2.24) is 10.2 Å². The van der Waals surface area contributed by atoms with Crippen LogP contribution in [0.4, 0.5) is 4.79 Å². The van der Waals surface area contributed by atoms with Crippen molar-refractivity contribution < 1.29 is 28.8 Å². The summed E-state index contributed by atoms with van der Waals surface area (Å²) in [5.74, 6) is -0.688. The van der Waals surface area contributed by atoms with E-state index in [4.69, 9.17) is 4.74 Å². The van der Waals surface area contributed by atoms with Gasteiger partial charge in [0.15, 0.2) is 6.04 Å². The fourth-order valence-corrected chi connectivity index (χ4v) is 7.06. The highest BCUT2D eigenvalue weighted by Gasteiger charge is 2.47. The predicted molar refractivity (Wildman–Crippen MR) is 158 cm³/mol. The topological polar surface area (TPSA) is 98.9 Å². The zero-order chi connectivity index (χ0) is 29.0. The molecule has 0 saturated carbocycles. The first-order valence-corrected chi connectivity index (χ1v) is 14.9. The molecule has 3 aliphatic rings. The number of benzene rings is 1. The molecule has 0 bridgehead atoms. The number of hydrogen-bond donors (Lipinski definition) is 2. The van der Waals surface area contributed by atoms with E-state index < -0.39 is 12.1 Å². The molecule has 1 unspecified atom stereocenters. The molecule has 2 heterocycles. The largest absolute Gasteiger partial charge is 0.477 e. The van der Waals surface area contributed by atoms with E-state index in [1.807, 2.05) is 17.7 Å². The van der Waals surface area contributed by atoms with E-state index in [0.29, 0.717) is 17.1 Å². The van der Waals surface area contributed by atoms with Crippen molar-refractivity contribution in [2.24, 2.45) is 0 Å². The number of nitrogens with zero attached hydrogens (tertiary/aromatic N) is 2. The molecule has 1 aromatic rings. The summed E-state index contributed by atoms with van der Waals surface area (Å²) >= 11 is 1.35. The average Bonchev–Trinajstić information content (AvgIpc) is 3.18. The summed E-state index contributed by atoms with van der Waals surface area (Å²) in [6, 6.07) is 4.42. The SMILES string of the molecule is C=[N+](C)[C@@H]1CCC(C)=C[C@H]1c1c(C)cc(CCCCC)cc1OC(=O)NC/C=C/C1=C(C(=O)O)N2C(=O)CC2S1. The molecule has 1 aromatic carbocycles. The van der Waals surface area contributed by atoms with Gasteiger partial charge in [-0.2, -0.15) is 0 Å². The lowest BCUT2D eigenvalue weighted by Gasteiger charge is -2.33. The molecular formula is C31H40N3O5S+. The van der Waals surface area contributed by atoms with Gasteiger partial charge in [-0.05, 0) is 56.4 Å². The second kappa shape index (κ2) is 12.9. The Morgan fingerprint density at radius 2 is 2.08 bits per heavy atom. The van der Waals surface area contributed by atoms with Gasteiger partial charge >= 0.3 is 12.1 Å². The number of fused-ring (bicyclic) bond motifs is 1. The van der Waals surface area contributed by atoms with Crippen molar-refractivity contribution in [3.05, 3.63) is 63.2 Å². The first-order chi connectivity index (χ1) is 19.1. The maximum atomic E-state index is 13.0. The summed E-state index contributed by atoms with van der Waals surface area (Å²) in [5.41, 5.74) is 4.59. The Morgan fingerprint density at radius 1 is 1.30 bits per heavy atom. The van der Waals surface area contributed by atoms with Gasteiger partial charge in [0.2, 0.25) is 5.91 Å². The second-order valence-corrected chi connectivity index (χ2v) is 12.1. The van der Waals surface area contributed by atoms with Crippen molar-refractivity contribution >= 4 is 36.4 Å². The van der Waals surface area contributed by atoms with E-state index >= 15 is 0 Å². The predicted octanol–water partition coefficient (Wildman–Crippen LogP) is 5.51. The Hall–Kier alpha value is -3.33. The molecule has 3 atom stereocenters. The van der Waals surface area contributed by atoms with Crippen LogP contribution in [0.3, 0.4) is 0 Å². The van der Waals surface area contributed by atoms with Crippen LogP contribution in [0, 0.1) is 6.92 Å². The lowest BCUT2D eigenvalue weighted by atomic mass is 9.79. The fourth-order valence-electron chi connectivity index (χ4n) is 5.74. The summed E-state index contributed by atoms with van der Waals surface area (Å²) < 4.78 is 7.97. The van der Waals surface area contributed by atoms with E-state index in [2.05, 4.69) is 44.9 Å². The third kappa shape index (κ3) is 6.52. The summed E-state index contributed by atoms with van der Waals surface area (Å²) in [5, 5.41) is 12.2. The quantitative estimate of drug-likeness (QED) is 0.121. The molecule has 0 spiro atoms. The Kier molecular flexibility index (Phi) is 9.56. The normalized spacial score (nSPS) is 22.2. The number of amides is 2. The number of carbonyl (C=O) groups is 3. The zero-order valence-corrected chi connectivity index (χ0v) is 24.7. The minimum Gasteiger partial charge on any atom is -0.477 e. The first-order valence-electron chi connectivity index (χ1n) is 14.0. The lowest BCUT2D eigenvalue weighted by molar-refractivity contribution is -0.534. The van der Waals surface area contributed by atoms with Gasteiger partial charge in [-0.15, -0.1) is 0 Å². The van der Waals surface area contributed by atoms with Gasteiger partial charge in [0, 0.05) is 23.4 Å². The molecule has 2 amide bonds. The van der Waals surface area contributed by atoms with E-state index in [1.165, 1.54) is 22.2 Å². The van der Waals surface area contributed by atoms with Gasteiger partial charge in [-0.1, -0.05) is 55.3 Å². The number of hydrogen-bond acceptors (Lipinski definition) is 5. The van der Waals surface area contributed by atoms with E-state index in [0.717, 1.165) is 55.2 Å². The number of nitrogens with one attached hydrogen (secondary N) is 1. The molecule has 8 nitrogen and oxygen atoms in total. The number of rotatable bonds is 11. The highest BCUT2D eigenvalue weighted by atomic mass is 32.2. The first kappa shape index (κ1) is 29.6. The average molecular weight is 567 g/mol. The van der Waals surface area contributed by atoms with Crippen molar-refractivity contribution in [3.8, 4) is 5.75 Å². The van der Waals surface area contributed by atoms with Gasteiger partial charge in [-0.3, -0.25) is 9.69 Å². The third-order valence-electron chi connectivity index (χ3n) is 7.77. The van der Waals surface area contributed by atoms with Crippen LogP contribution < -0.4 is 10.1 Å². The molecule has 1 saturated heterocycles. The number of aliphatic carboxylic acids is 1. The maximum absolute atomic E-state index is 13.0. The van der Waals surface area contributed by atoms with Crippen LogP contribution >= 0.6 is 11.8 Å². The molecule has 2 N–H and O–H groups in total. The highest BCUT2D eigenvalue weighted by molar-refractivity contribution is 8.04. The second-order valence-electron chi connectivity index (χ2n) is 10.9. The Bertz CT molecular complexity index is 1300. The fraction of sp³-hybridized carbons (Fsp3) is 0.484. The molecule has 0 aromatic heterocycles. The molecule has 214 valence electrons. The molecule has 4 rings (SSSR count). The van der Waals surface area contributed by atoms with Crippen molar-refractivity contribution in [3.63, 3.8) is 0 Å². The molecule has 40 heavy (non-hydrogen) atoms. The molecular weight excluding hydrogens is 526 g/mol. The van der Waals surface area contributed by atoms with Crippen LogP contribution in [0.25, 0.3) is 0 Å². The number of thioether (sulfide) groups is 1. The Balaban J connectivity index is 1.52. The number of allylic oxidation sites excluding steroid dienone is 2. The van der Waals surface area contributed by atoms with E-state index in [1.54, 1.807) is 12.2 Å². The minimum atomic E-state index is -1.13. The van der Waals surface area contributed by atoms with E-state index in [9.17, 15) is 19.5 Å². The molecule has 2 aliphatic heterocycles.